The van der Waals surface area contributed by atoms with Gasteiger partial charge < -0.3 is 35.4 Å². The summed E-state index contributed by atoms with van der Waals surface area (Å²) in [7, 11) is -5.24. The smallest absolute Gasteiger partial charge is 0.470 e. The minimum Gasteiger partial charge on any atom is -0.483 e. The van der Waals surface area contributed by atoms with Gasteiger partial charge in [-0.1, -0.05) is 92.7 Å². The van der Waals surface area contributed by atoms with E-state index in [-0.39, 0.29) is 31.4 Å². The van der Waals surface area contributed by atoms with Crippen LogP contribution in [0.1, 0.15) is 55.9 Å². The van der Waals surface area contributed by atoms with Gasteiger partial charge in [0.25, 0.3) is 5.91 Å². The van der Waals surface area contributed by atoms with E-state index in [1.807, 2.05) is 76.2 Å². The van der Waals surface area contributed by atoms with Gasteiger partial charge in [0.15, 0.2) is 6.61 Å². The van der Waals surface area contributed by atoms with Crippen molar-refractivity contribution in [2.45, 2.75) is 77.6 Å². The molecule has 0 aliphatic carbocycles. The topological polar surface area (TPSA) is 167 Å². The summed E-state index contributed by atoms with van der Waals surface area (Å²) >= 11 is 0. The van der Waals surface area contributed by atoms with E-state index in [0.717, 1.165) is 16.7 Å². The van der Waals surface area contributed by atoms with Gasteiger partial charge in [0.2, 0.25) is 5.91 Å². The van der Waals surface area contributed by atoms with E-state index < -0.39 is 43.4 Å². The maximum atomic E-state index is 13.8. The van der Waals surface area contributed by atoms with Crippen LogP contribution in [-0.2, 0) is 30.7 Å². The van der Waals surface area contributed by atoms with E-state index in [0.29, 0.717) is 30.8 Å². The van der Waals surface area contributed by atoms with Gasteiger partial charge in [-0.05, 0) is 61.8 Å². The van der Waals surface area contributed by atoms with Gasteiger partial charge in [-0.15, -0.1) is 0 Å². The first-order valence-electron chi connectivity index (χ1n) is 16.9. The predicted octanol–water partition coefficient (Wildman–Crippen LogP) is 4.75. The Kier molecular flexibility index (Phi) is 13.2. The third kappa shape index (κ3) is 10.2. The Labute approximate surface area is 294 Å². The molecule has 4 rings (SSSR count). The van der Waals surface area contributed by atoms with Crippen LogP contribution in [0.15, 0.2) is 78.9 Å². The molecule has 4 atom stereocenters. The SMILES string of the molecule is Cc1cccc(C)c1OCC(=O)N[C@@H](Cc1ccccc1)[C@@](C[C@H](C)NC(=O)[C@H](C(C)C)N1CCCNC1=O)(OP(=O)(O)O)c1ccccc1. The number of phosphoric acid groups is 1. The number of rotatable bonds is 16. The number of nitrogens with one attached hydrogen (secondary N) is 3. The fourth-order valence-electron chi connectivity index (χ4n) is 6.68. The molecule has 270 valence electrons. The number of aryl methyl sites for hydroxylation is 2. The van der Waals surface area contributed by atoms with Gasteiger partial charge in [-0.25, -0.2) is 9.36 Å². The van der Waals surface area contributed by atoms with Crippen LogP contribution < -0.4 is 20.7 Å². The third-order valence-electron chi connectivity index (χ3n) is 8.83. The van der Waals surface area contributed by atoms with Crippen LogP contribution in [-0.4, -0.2) is 70.4 Å². The Balaban J connectivity index is 1.73. The molecule has 0 unspecified atom stereocenters. The number of benzene rings is 3. The zero-order chi connectivity index (χ0) is 36.5. The molecule has 13 heteroatoms. The van der Waals surface area contributed by atoms with Crippen molar-refractivity contribution < 1.29 is 38.0 Å². The van der Waals surface area contributed by atoms with Crippen molar-refractivity contribution in [3.8, 4) is 5.75 Å². The molecule has 4 amide bonds. The lowest BCUT2D eigenvalue weighted by molar-refractivity contribution is -0.129. The molecule has 0 spiro atoms. The van der Waals surface area contributed by atoms with E-state index >= 15 is 0 Å². The van der Waals surface area contributed by atoms with Crippen LogP contribution >= 0.6 is 7.82 Å². The number of nitrogens with zero attached hydrogens (tertiary/aromatic N) is 1. The molecule has 12 nitrogen and oxygen atoms in total. The third-order valence-corrected chi connectivity index (χ3v) is 9.39. The van der Waals surface area contributed by atoms with Gasteiger partial charge in [-0.3, -0.25) is 14.1 Å². The predicted molar refractivity (Wildman–Crippen MR) is 190 cm³/mol. The molecule has 50 heavy (non-hydrogen) atoms. The van der Waals surface area contributed by atoms with Crippen molar-refractivity contribution in [1.82, 2.24) is 20.9 Å². The second kappa shape index (κ2) is 17.1. The van der Waals surface area contributed by atoms with Gasteiger partial charge in [0, 0.05) is 25.6 Å². The number of hydrogen-bond donors (Lipinski definition) is 5. The molecule has 0 aromatic heterocycles. The van der Waals surface area contributed by atoms with Crippen molar-refractivity contribution in [2.75, 3.05) is 19.7 Å². The summed E-state index contributed by atoms with van der Waals surface area (Å²) in [4.78, 5) is 62.7. The lowest BCUT2D eigenvalue weighted by Gasteiger charge is -2.43. The first kappa shape index (κ1) is 38.6. The van der Waals surface area contributed by atoms with Gasteiger partial charge in [0.05, 0.1) is 6.04 Å². The van der Waals surface area contributed by atoms with Crippen LogP contribution in [0.2, 0.25) is 0 Å². The fourth-order valence-corrected chi connectivity index (χ4v) is 7.41. The second-order valence-corrected chi connectivity index (χ2v) is 14.4. The summed E-state index contributed by atoms with van der Waals surface area (Å²) in [5.41, 5.74) is 1.02. The number of urea groups is 1. The number of amides is 4. The molecule has 3 aromatic rings. The summed E-state index contributed by atoms with van der Waals surface area (Å²) in [5.74, 6) is -0.594. The Morgan fingerprint density at radius 3 is 2.14 bits per heavy atom. The van der Waals surface area contributed by atoms with E-state index in [4.69, 9.17) is 9.26 Å². The summed E-state index contributed by atoms with van der Waals surface area (Å²) in [6, 6.07) is 20.5. The molecule has 0 radical (unpaired) electrons. The highest BCUT2D eigenvalue weighted by Crippen LogP contribution is 2.50. The summed E-state index contributed by atoms with van der Waals surface area (Å²) in [5, 5.41) is 8.77. The Bertz CT molecular complexity index is 1630. The first-order valence-corrected chi connectivity index (χ1v) is 18.4. The van der Waals surface area contributed by atoms with Crippen molar-refractivity contribution in [3.63, 3.8) is 0 Å². The molecule has 0 saturated carbocycles. The zero-order valence-corrected chi connectivity index (χ0v) is 30.2. The minimum absolute atomic E-state index is 0.119. The molecule has 1 saturated heterocycles. The van der Waals surface area contributed by atoms with Crippen molar-refractivity contribution in [1.29, 1.82) is 0 Å². The molecule has 3 aromatic carbocycles. The highest BCUT2D eigenvalue weighted by Gasteiger charge is 2.48. The van der Waals surface area contributed by atoms with Crippen LogP contribution in [0.25, 0.3) is 0 Å². The maximum Gasteiger partial charge on any atom is 0.470 e. The Hall–Kier alpha value is -4.22. The van der Waals surface area contributed by atoms with E-state index in [9.17, 15) is 28.7 Å². The molecular weight excluding hydrogens is 659 g/mol. The highest BCUT2D eigenvalue weighted by atomic mass is 31.2. The number of para-hydroxylation sites is 1. The molecule has 1 aliphatic rings. The maximum absolute atomic E-state index is 13.8. The second-order valence-electron chi connectivity index (χ2n) is 13.2. The average Bonchev–Trinajstić information content (AvgIpc) is 3.05. The van der Waals surface area contributed by atoms with Crippen molar-refractivity contribution in [2.24, 2.45) is 5.92 Å². The Morgan fingerprint density at radius 1 is 0.940 bits per heavy atom. The van der Waals surface area contributed by atoms with E-state index in [2.05, 4.69) is 16.0 Å². The summed E-state index contributed by atoms with van der Waals surface area (Å²) < 4.78 is 24.7. The Morgan fingerprint density at radius 2 is 1.56 bits per heavy atom. The number of hydrogen-bond acceptors (Lipinski definition) is 6. The fraction of sp³-hybridized carbons (Fsp3) is 0.432. The quantitative estimate of drug-likeness (QED) is 0.133. The number of phosphoric ester groups is 1. The summed E-state index contributed by atoms with van der Waals surface area (Å²) in [6.07, 6.45) is 0.660. The molecule has 0 bridgehead atoms. The van der Waals surface area contributed by atoms with Crippen LogP contribution in [0.3, 0.4) is 0 Å². The normalized spacial score (nSPS) is 16.5. The van der Waals surface area contributed by atoms with Crippen molar-refractivity contribution >= 4 is 25.7 Å². The average molecular weight is 709 g/mol. The number of ether oxygens (including phenoxy) is 1. The van der Waals surface area contributed by atoms with Gasteiger partial charge >= 0.3 is 13.9 Å². The number of carbonyl (C=O) groups excluding carboxylic acids is 3. The first-order chi connectivity index (χ1) is 23.7. The van der Waals surface area contributed by atoms with E-state index in [1.54, 1.807) is 37.3 Å². The van der Waals surface area contributed by atoms with Crippen LogP contribution in [0.4, 0.5) is 4.79 Å². The lowest BCUT2D eigenvalue weighted by atomic mass is 9.78. The molecule has 5 N–H and O–H groups in total. The monoisotopic (exact) mass is 708 g/mol. The van der Waals surface area contributed by atoms with Crippen LogP contribution in [0, 0.1) is 19.8 Å². The zero-order valence-electron chi connectivity index (χ0n) is 29.3. The standard InChI is InChI=1S/C37H49N4O8P/c1-25(2)33(41-21-13-20-38-36(41)44)35(43)39-28(5)23-37(49-50(45,46)47,30-18-10-7-11-19-30)31(22-29-16-8-6-9-17-29)40-32(42)24-48-34-26(3)14-12-15-27(34)4/h6-12,14-19,25,28,31,33H,13,20-24H2,1-5H3,(H,38,44)(H,39,43)(H,40,42)(H2,45,46,47)/t28-,31-,33-,37-/m0/s1. The van der Waals surface area contributed by atoms with Crippen molar-refractivity contribution in [3.05, 3.63) is 101 Å². The van der Waals surface area contributed by atoms with Gasteiger partial charge in [0.1, 0.15) is 17.4 Å². The largest absolute Gasteiger partial charge is 0.483 e. The summed E-state index contributed by atoms with van der Waals surface area (Å²) in [6.45, 7) is 9.76. The minimum atomic E-state index is -5.24. The molecular formula is C37H49N4O8P. The molecule has 1 fully saturated rings. The number of carbonyl (C=O) groups is 3. The van der Waals surface area contributed by atoms with Gasteiger partial charge in [-0.2, -0.15) is 0 Å². The van der Waals surface area contributed by atoms with E-state index in [1.165, 1.54) is 4.90 Å². The highest BCUT2D eigenvalue weighted by molar-refractivity contribution is 7.46. The van der Waals surface area contributed by atoms with Crippen LogP contribution in [0.5, 0.6) is 5.75 Å². The lowest BCUT2D eigenvalue weighted by Crippen LogP contribution is -2.60. The molecule has 1 heterocycles. The molecule has 1 aliphatic heterocycles.